The van der Waals surface area contributed by atoms with E-state index in [-0.39, 0.29) is 11.9 Å². The van der Waals surface area contributed by atoms with Gasteiger partial charge in [0.1, 0.15) is 0 Å². The third-order valence-corrected chi connectivity index (χ3v) is 4.89. The van der Waals surface area contributed by atoms with E-state index in [1.807, 2.05) is 19.2 Å². The molecule has 1 aliphatic carbocycles. The van der Waals surface area contributed by atoms with Crippen LogP contribution >= 0.6 is 0 Å². The zero-order chi connectivity index (χ0) is 14.8. The highest BCUT2D eigenvalue weighted by atomic mass is 16.2. The number of benzene rings is 1. The van der Waals surface area contributed by atoms with Crippen molar-refractivity contribution in [2.24, 2.45) is 11.8 Å². The molecule has 1 aromatic rings. The second-order valence-electron chi connectivity index (χ2n) is 6.24. The molecule has 3 unspecified atom stereocenters. The Labute approximate surface area is 125 Å². The van der Waals surface area contributed by atoms with Crippen molar-refractivity contribution in [2.45, 2.75) is 31.8 Å². The van der Waals surface area contributed by atoms with Gasteiger partial charge in [-0.3, -0.25) is 4.79 Å². The maximum atomic E-state index is 12.6. The van der Waals surface area contributed by atoms with E-state index >= 15 is 0 Å². The molecule has 21 heavy (non-hydrogen) atoms. The van der Waals surface area contributed by atoms with E-state index in [1.54, 1.807) is 17.0 Å². The molecule has 2 aliphatic rings. The minimum Gasteiger partial charge on any atom is -0.340 e. The molecule has 3 atom stereocenters. The molecule has 0 spiro atoms. The monoisotopic (exact) mass is 283 g/mol. The van der Waals surface area contributed by atoms with Crippen molar-refractivity contribution in [1.29, 1.82) is 5.26 Å². The van der Waals surface area contributed by atoms with Gasteiger partial charge in [-0.25, -0.2) is 0 Å². The predicted molar refractivity (Wildman–Crippen MR) is 80.3 cm³/mol. The van der Waals surface area contributed by atoms with Crippen molar-refractivity contribution in [1.82, 2.24) is 10.2 Å². The van der Waals surface area contributed by atoms with E-state index in [4.69, 9.17) is 5.26 Å². The number of nitrogens with zero attached hydrogens (tertiary/aromatic N) is 2. The lowest BCUT2D eigenvalue weighted by Gasteiger charge is -2.24. The second kappa shape index (κ2) is 5.87. The number of rotatable bonds is 3. The molecule has 1 heterocycles. The minimum atomic E-state index is 0.000816. The molecule has 2 fully saturated rings. The fourth-order valence-corrected chi connectivity index (χ4v) is 3.73. The molecule has 4 heteroatoms. The van der Waals surface area contributed by atoms with Gasteiger partial charge in [0, 0.05) is 13.6 Å². The summed E-state index contributed by atoms with van der Waals surface area (Å²) in [4.78, 5) is 14.4. The summed E-state index contributed by atoms with van der Waals surface area (Å²) in [6.45, 7) is 1.59. The molecule has 0 aromatic heterocycles. The Balaban J connectivity index is 1.63. The SMILES string of the molecule is CN(Cc1ccc(C#N)cc1)C(=O)C1NCC2CCCC21. The number of fused-ring (bicyclic) bond motifs is 1. The lowest BCUT2D eigenvalue weighted by molar-refractivity contribution is -0.133. The number of amides is 1. The first-order valence-electron chi connectivity index (χ1n) is 7.66. The first-order valence-corrected chi connectivity index (χ1v) is 7.66. The van der Waals surface area contributed by atoms with Gasteiger partial charge in [0.2, 0.25) is 5.91 Å². The van der Waals surface area contributed by atoms with Gasteiger partial charge in [0.25, 0.3) is 0 Å². The van der Waals surface area contributed by atoms with Crippen LogP contribution in [-0.2, 0) is 11.3 Å². The maximum absolute atomic E-state index is 12.6. The first-order chi connectivity index (χ1) is 10.2. The summed E-state index contributed by atoms with van der Waals surface area (Å²) in [5, 5.41) is 12.2. The normalized spacial score (nSPS) is 27.1. The number of hydrogen-bond acceptors (Lipinski definition) is 3. The van der Waals surface area contributed by atoms with E-state index in [2.05, 4.69) is 11.4 Å². The fraction of sp³-hybridized carbons (Fsp3) is 0.529. The minimum absolute atomic E-state index is 0.000816. The van der Waals surface area contributed by atoms with Crippen LogP contribution in [0.3, 0.4) is 0 Å². The van der Waals surface area contributed by atoms with Crippen LogP contribution in [0.2, 0.25) is 0 Å². The van der Waals surface area contributed by atoms with Gasteiger partial charge >= 0.3 is 0 Å². The van der Waals surface area contributed by atoms with Gasteiger partial charge in [0.05, 0.1) is 17.7 Å². The van der Waals surface area contributed by atoms with Crippen LogP contribution in [0.4, 0.5) is 0 Å². The Morgan fingerprint density at radius 2 is 2.14 bits per heavy atom. The van der Waals surface area contributed by atoms with E-state index in [9.17, 15) is 4.79 Å². The summed E-state index contributed by atoms with van der Waals surface area (Å²) in [5.74, 6) is 1.43. The zero-order valence-electron chi connectivity index (χ0n) is 12.4. The van der Waals surface area contributed by atoms with Crippen LogP contribution in [0.1, 0.15) is 30.4 Å². The topological polar surface area (TPSA) is 56.1 Å². The average molecular weight is 283 g/mol. The summed E-state index contributed by atoms with van der Waals surface area (Å²) in [6, 6.07) is 9.55. The third kappa shape index (κ3) is 2.79. The number of likely N-dealkylation sites (N-methyl/N-ethyl adjacent to an activating group) is 1. The van der Waals surface area contributed by atoms with Crippen LogP contribution in [0, 0.1) is 23.2 Å². The Kier molecular flexibility index (Phi) is 3.94. The van der Waals surface area contributed by atoms with Gasteiger partial charge < -0.3 is 10.2 Å². The molecule has 0 bridgehead atoms. The molecule has 1 saturated heterocycles. The Morgan fingerprint density at radius 1 is 1.38 bits per heavy atom. The van der Waals surface area contributed by atoms with Gasteiger partial charge in [0.15, 0.2) is 0 Å². The largest absolute Gasteiger partial charge is 0.340 e. The highest BCUT2D eigenvalue weighted by Gasteiger charge is 2.43. The van der Waals surface area contributed by atoms with Crippen molar-refractivity contribution in [3.05, 3.63) is 35.4 Å². The summed E-state index contributed by atoms with van der Waals surface area (Å²) < 4.78 is 0. The lowest BCUT2D eigenvalue weighted by Crippen LogP contribution is -2.44. The predicted octanol–water partition coefficient (Wildman–Crippen LogP) is 1.90. The number of hydrogen-bond donors (Lipinski definition) is 1. The van der Waals surface area contributed by atoms with Crippen molar-refractivity contribution in [3.63, 3.8) is 0 Å². The first kappa shape index (κ1) is 14.1. The molecule has 1 saturated carbocycles. The molecule has 1 aliphatic heterocycles. The standard InChI is InChI=1S/C17H21N3O/c1-20(11-13-7-5-12(9-18)6-8-13)17(21)16-15-4-2-3-14(15)10-19-16/h5-8,14-16,19H,2-4,10-11H2,1H3. The van der Waals surface area contributed by atoms with E-state index < -0.39 is 0 Å². The van der Waals surface area contributed by atoms with Crippen LogP contribution in [0.25, 0.3) is 0 Å². The number of carbonyl (C=O) groups is 1. The molecule has 3 rings (SSSR count). The highest BCUT2D eigenvalue weighted by Crippen LogP contribution is 2.38. The molecule has 0 radical (unpaired) electrons. The van der Waals surface area contributed by atoms with Gasteiger partial charge in [-0.2, -0.15) is 5.26 Å². The molecule has 110 valence electrons. The number of nitrogens with one attached hydrogen (secondary N) is 1. The molecular formula is C17H21N3O. The van der Waals surface area contributed by atoms with Crippen molar-refractivity contribution in [3.8, 4) is 6.07 Å². The fourth-order valence-electron chi connectivity index (χ4n) is 3.73. The summed E-state index contributed by atoms with van der Waals surface area (Å²) in [5.41, 5.74) is 1.71. The average Bonchev–Trinajstić information content (AvgIpc) is 3.10. The van der Waals surface area contributed by atoms with Crippen molar-refractivity contribution >= 4 is 5.91 Å². The van der Waals surface area contributed by atoms with Gasteiger partial charge in [-0.15, -0.1) is 0 Å². The van der Waals surface area contributed by atoms with Crippen LogP contribution in [0.15, 0.2) is 24.3 Å². The molecular weight excluding hydrogens is 262 g/mol. The van der Waals surface area contributed by atoms with Crippen LogP contribution < -0.4 is 5.32 Å². The maximum Gasteiger partial charge on any atom is 0.240 e. The lowest BCUT2D eigenvalue weighted by atomic mass is 9.93. The quantitative estimate of drug-likeness (QED) is 0.922. The van der Waals surface area contributed by atoms with Crippen LogP contribution in [0.5, 0.6) is 0 Å². The summed E-state index contributed by atoms with van der Waals surface area (Å²) in [6.07, 6.45) is 3.71. The van der Waals surface area contributed by atoms with E-state index in [0.29, 0.717) is 23.9 Å². The zero-order valence-corrected chi connectivity index (χ0v) is 12.4. The van der Waals surface area contributed by atoms with Gasteiger partial charge in [-0.05, 0) is 48.9 Å². The molecule has 1 N–H and O–H groups in total. The summed E-state index contributed by atoms with van der Waals surface area (Å²) >= 11 is 0. The molecule has 1 aromatic carbocycles. The smallest absolute Gasteiger partial charge is 0.240 e. The van der Waals surface area contributed by atoms with E-state index in [0.717, 1.165) is 12.1 Å². The van der Waals surface area contributed by atoms with Crippen molar-refractivity contribution < 1.29 is 4.79 Å². The molecule has 4 nitrogen and oxygen atoms in total. The van der Waals surface area contributed by atoms with Crippen LogP contribution in [-0.4, -0.2) is 30.4 Å². The second-order valence-corrected chi connectivity index (χ2v) is 6.24. The number of nitriles is 1. The number of carbonyl (C=O) groups excluding carboxylic acids is 1. The Bertz CT molecular complexity index is 560. The summed E-state index contributed by atoms with van der Waals surface area (Å²) in [7, 11) is 1.87. The van der Waals surface area contributed by atoms with E-state index in [1.165, 1.54) is 19.3 Å². The Morgan fingerprint density at radius 3 is 2.86 bits per heavy atom. The van der Waals surface area contributed by atoms with Crippen molar-refractivity contribution in [2.75, 3.05) is 13.6 Å². The van der Waals surface area contributed by atoms with Gasteiger partial charge in [-0.1, -0.05) is 18.6 Å². The molecule has 1 amide bonds. The highest BCUT2D eigenvalue weighted by molar-refractivity contribution is 5.82. The third-order valence-electron chi connectivity index (χ3n) is 4.89. The Hall–Kier alpha value is -1.86.